The molecule has 0 spiro atoms. The highest BCUT2D eigenvalue weighted by molar-refractivity contribution is 7.92. The van der Waals surface area contributed by atoms with E-state index in [0.717, 1.165) is 16.6 Å². The predicted octanol–water partition coefficient (Wildman–Crippen LogP) is 0.0491. The number of aromatic nitrogens is 6. The van der Waals surface area contributed by atoms with Gasteiger partial charge < -0.3 is 10.2 Å². The van der Waals surface area contributed by atoms with Crippen molar-refractivity contribution in [3.05, 3.63) is 46.4 Å². The first-order valence-electron chi connectivity index (χ1n) is 11.4. The molecule has 1 aliphatic rings. The van der Waals surface area contributed by atoms with Gasteiger partial charge >= 0.3 is 0 Å². The van der Waals surface area contributed by atoms with Crippen molar-refractivity contribution in [1.82, 2.24) is 34.7 Å². The van der Waals surface area contributed by atoms with Gasteiger partial charge in [-0.3, -0.25) is 9.10 Å². The molecule has 0 atom stereocenters. The first-order valence-corrected chi connectivity index (χ1v) is 15.1. The van der Waals surface area contributed by atoms with Gasteiger partial charge in [0.25, 0.3) is 15.9 Å². The van der Waals surface area contributed by atoms with Crippen LogP contribution < -0.4 is 14.5 Å². The summed E-state index contributed by atoms with van der Waals surface area (Å²) < 4.78 is 52.2. The lowest BCUT2D eigenvalue weighted by atomic mass is 10.2. The maximum Gasteiger partial charge on any atom is 0.262 e. The van der Waals surface area contributed by atoms with Crippen molar-refractivity contribution in [3.63, 3.8) is 0 Å². The van der Waals surface area contributed by atoms with E-state index in [2.05, 4.69) is 35.7 Å². The zero-order chi connectivity index (χ0) is 29.2. The van der Waals surface area contributed by atoms with Crippen molar-refractivity contribution in [3.8, 4) is 6.07 Å². The highest BCUT2D eigenvalue weighted by Gasteiger charge is 2.31. The van der Waals surface area contributed by atoms with Crippen LogP contribution in [0.2, 0.25) is 5.15 Å². The van der Waals surface area contributed by atoms with Gasteiger partial charge in [-0.25, -0.2) is 26.8 Å². The van der Waals surface area contributed by atoms with E-state index < -0.39 is 26.0 Å². The summed E-state index contributed by atoms with van der Waals surface area (Å²) in [7, 11) is -6.58. The normalized spacial score (nSPS) is 14.4. The maximum absolute atomic E-state index is 13.1. The molecule has 16 nitrogen and oxygen atoms in total. The van der Waals surface area contributed by atoms with Crippen molar-refractivity contribution in [2.24, 2.45) is 0 Å². The average Bonchev–Trinajstić information content (AvgIpc) is 2.92. The lowest BCUT2D eigenvalue weighted by Crippen LogP contribution is -2.49. The molecule has 1 fully saturated rings. The lowest BCUT2D eigenvalue weighted by Gasteiger charge is -2.33. The molecule has 210 valence electrons. The summed E-state index contributed by atoms with van der Waals surface area (Å²) in [6.07, 6.45) is 0.927. The molecule has 19 heteroatoms. The van der Waals surface area contributed by atoms with E-state index in [9.17, 15) is 21.6 Å². The Morgan fingerprint density at radius 2 is 1.75 bits per heavy atom. The Morgan fingerprint density at radius 1 is 1.05 bits per heavy atom. The SMILES string of the molecule is Cc1cc(C#N)nc(N2CCN(S(=O)(=O)c3ccc(NC(=O)c4cc(Cl)nnc4N(C)S(C)(=O)=O)nn3)CC2)n1. The van der Waals surface area contributed by atoms with E-state index in [1.54, 1.807) is 17.9 Å². The van der Waals surface area contributed by atoms with Crippen LogP contribution in [0.1, 0.15) is 21.7 Å². The van der Waals surface area contributed by atoms with Crippen LogP contribution in [0.15, 0.2) is 29.3 Å². The predicted molar refractivity (Wildman–Crippen MR) is 143 cm³/mol. The molecule has 0 bridgehead atoms. The fourth-order valence-corrected chi connectivity index (χ4v) is 5.53. The molecule has 1 saturated heterocycles. The molecule has 0 radical (unpaired) electrons. The summed E-state index contributed by atoms with van der Waals surface area (Å²) in [5, 5.41) is 25.9. The van der Waals surface area contributed by atoms with Crippen LogP contribution >= 0.6 is 11.6 Å². The summed E-state index contributed by atoms with van der Waals surface area (Å²) in [6, 6.07) is 7.11. The van der Waals surface area contributed by atoms with Crippen LogP contribution in [0.5, 0.6) is 0 Å². The van der Waals surface area contributed by atoms with Gasteiger partial charge in [0.05, 0.1) is 11.8 Å². The molecule has 3 aromatic rings. The second-order valence-corrected chi connectivity index (χ2v) is 12.8. The van der Waals surface area contributed by atoms with Gasteiger partial charge in [0.1, 0.15) is 11.8 Å². The highest BCUT2D eigenvalue weighted by atomic mass is 35.5. The minimum absolute atomic E-state index is 0.0976. The van der Waals surface area contributed by atoms with Gasteiger partial charge in [-0.05, 0) is 31.2 Å². The Balaban J connectivity index is 1.46. The number of nitrogens with one attached hydrogen (secondary N) is 1. The van der Waals surface area contributed by atoms with E-state index in [4.69, 9.17) is 16.9 Å². The Bertz CT molecular complexity index is 1710. The van der Waals surface area contributed by atoms with Crippen LogP contribution in [0.25, 0.3) is 0 Å². The summed E-state index contributed by atoms with van der Waals surface area (Å²) >= 11 is 5.85. The highest BCUT2D eigenvalue weighted by Crippen LogP contribution is 2.23. The molecule has 1 aliphatic heterocycles. The molecule has 4 heterocycles. The van der Waals surface area contributed by atoms with Crippen LogP contribution in [0, 0.1) is 18.3 Å². The van der Waals surface area contributed by atoms with Gasteiger partial charge in [-0.15, -0.1) is 20.4 Å². The van der Waals surface area contributed by atoms with Crippen LogP contribution in [-0.4, -0.2) is 96.9 Å². The molecule has 4 rings (SSSR count). The second kappa shape index (κ2) is 11.2. The summed E-state index contributed by atoms with van der Waals surface area (Å²) in [5.74, 6) is -0.832. The zero-order valence-corrected chi connectivity index (χ0v) is 23.7. The minimum Gasteiger partial charge on any atom is -0.338 e. The largest absolute Gasteiger partial charge is 0.338 e. The third kappa shape index (κ3) is 6.22. The monoisotopic (exact) mass is 607 g/mol. The number of nitriles is 1. The number of halogens is 1. The number of sulfonamides is 2. The number of rotatable bonds is 7. The quantitative estimate of drug-likeness (QED) is 0.377. The van der Waals surface area contributed by atoms with Crippen LogP contribution in [0.3, 0.4) is 0 Å². The summed E-state index contributed by atoms with van der Waals surface area (Å²) in [6.45, 7) is 2.57. The van der Waals surface area contributed by atoms with Crippen molar-refractivity contribution >= 4 is 55.1 Å². The van der Waals surface area contributed by atoms with Gasteiger partial charge in [0.2, 0.25) is 16.0 Å². The number of amides is 1. The molecule has 0 aromatic carbocycles. The van der Waals surface area contributed by atoms with E-state index >= 15 is 0 Å². The molecular formula is C21H22ClN11O5S2. The van der Waals surface area contributed by atoms with Gasteiger partial charge in [0.15, 0.2) is 21.8 Å². The number of piperazine rings is 1. The molecule has 0 saturated carbocycles. The Labute approximate surface area is 234 Å². The molecular weight excluding hydrogens is 586 g/mol. The van der Waals surface area contributed by atoms with Crippen LogP contribution in [0.4, 0.5) is 17.6 Å². The Hall–Kier alpha value is -4.05. The number of hydrogen-bond donors (Lipinski definition) is 1. The first-order chi connectivity index (χ1) is 18.8. The fourth-order valence-electron chi connectivity index (χ4n) is 3.64. The Morgan fingerprint density at radius 3 is 2.35 bits per heavy atom. The minimum atomic E-state index is -4.01. The third-order valence-electron chi connectivity index (χ3n) is 5.75. The topological polar surface area (TPSA) is 208 Å². The van der Waals surface area contributed by atoms with Crippen molar-refractivity contribution in [2.45, 2.75) is 11.9 Å². The van der Waals surface area contributed by atoms with E-state index in [1.165, 1.54) is 23.5 Å². The molecule has 1 N–H and O–H groups in total. The van der Waals surface area contributed by atoms with Crippen molar-refractivity contribution < 1.29 is 21.6 Å². The second-order valence-electron chi connectivity index (χ2n) is 8.54. The zero-order valence-electron chi connectivity index (χ0n) is 21.3. The third-order valence-corrected chi connectivity index (χ3v) is 8.89. The molecule has 3 aromatic heterocycles. The molecule has 0 aliphatic carbocycles. The van der Waals surface area contributed by atoms with Gasteiger partial charge in [-0.1, -0.05) is 11.6 Å². The smallest absolute Gasteiger partial charge is 0.262 e. The molecule has 1 amide bonds. The van der Waals surface area contributed by atoms with Crippen molar-refractivity contribution in [1.29, 1.82) is 5.26 Å². The first kappa shape index (κ1) is 28.9. The van der Waals surface area contributed by atoms with E-state index in [-0.39, 0.29) is 46.2 Å². The number of aryl methyl sites for hydroxylation is 1. The molecule has 0 unspecified atom stereocenters. The fraction of sp³-hybridized carbons (Fsp3) is 0.333. The lowest BCUT2D eigenvalue weighted by molar-refractivity contribution is 0.102. The van der Waals surface area contributed by atoms with Crippen molar-refractivity contribution in [2.75, 3.05) is 54.0 Å². The number of carbonyl (C=O) groups is 1. The average molecular weight is 608 g/mol. The summed E-state index contributed by atoms with van der Waals surface area (Å²) in [4.78, 5) is 23.2. The van der Waals surface area contributed by atoms with Gasteiger partial charge in [0, 0.05) is 38.9 Å². The summed E-state index contributed by atoms with van der Waals surface area (Å²) in [5.41, 5.74) is 0.645. The number of nitrogens with zero attached hydrogens (tertiary/aromatic N) is 10. The van der Waals surface area contributed by atoms with E-state index in [1.807, 2.05) is 6.07 Å². The standard InChI is InChI=1S/C21H22ClN11O5S2/c1-13-10-14(12-23)25-21(24-13)32-6-8-33(9-7-32)40(37,38)18-5-4-17(28-29-18)26-20(34)15-11-16(22)27-30-19(15)31(2)39(3,35)36/h4-5,10-11H,6-9H2,1-3H3,(H,26,28,34). The van der Waals surface area contributed by atoms with E-state index in [0.29, 0.717) is 24.7 Å². The maximum atomic E-state index is 13.1. The Kier molecular flexibility index (Phi) is 8.11. The molecule has 40 heavy (non-hydrogen) atoms. The van der Waals surface area contributed by atoms with Gasteiger partial charge in [-0.2, -0.15) is 9.57 Å². The number of hydrogen-bond acceptors (Lipinski definition) is 13. The number of carbonyl (C=O) groups excluding carboxylic acids is 1. The number of anilines is 3. The van der Waals surface area contributed by atoms with Crippen LogP contribution in [-0.2, 0) is 20.0 Å².